The standard InChI is InChI=1S/C26H24O6/c1-30-24(28)26(25(29)31-2)13-19-17(15-8-4-3-5-9-15)12-18-22(20(19)14-26)16-10-6-7-11-21(16)32-23(18)27/h3-11,17-18,22H,12-14H2,1-2H3/t17-,18-,22-/m1/s1. The monoisotopic (exact) mass is 432 g/mol. The van der Waals surface area contributed by atoms with Gasteiger partial charge >= 0.3 is 17.9 Å². The number of rotatable bonds is 3. The van der Waals surface area contributed by atoms with Gasteiger partial charge < -0.3 is 14.2 Å². The smallest absolute Gasteiger partial charge is 0.323 e. The van der Waals surface area contributed by atoms with Crippen LogP contribution in [0.15, 0.2) is 65.7 Å². The number of benzene rings is 2. The van der Waals surface area contributed by atoms with Gasteiger partial charge in [-0.25, -0.2) is 0 Å². The number of hydrogen-bond acceptors (Lipinski definition) is 6. The van der Waals surface area contributed by atoms with Crippen molar-refractivity contribution in [1.29, 1.82) is 0 Å². The van der Waals surface area contributed by atoms with Crippen LogP contribution in [0, 0.1) is 11.3 Å². The predicted molar refractivity (Wildman–Crippen MR) is 115 cm³/mol. The molecule has 0 spiro atoms. The molecule has 0 fully saturated rings. The average molecular weight is 432 g/mol. The molecular formula is C26H24O6. The zero-order valence-corrected chi connectivity index (χ0v) is 18.0. The summed E-state index contributed by atoms with van der Waals surface area (Å²) in [5.74, 6) is -1.66. The zero-order valence-electron chi connectivity index (χ0n) is 18.0. The Hall–Kier alpha value is -3.41. The summed E-state index contributed by atoms with van der Waals surface area (Å²) < 4.78 is 15.8. The number of esters is 3. The fourth-order valence-corrected chi connectivity index (χ4v) is 5.81. The molecule has 5 rings (SSSR count). The van der Waals surface area contributed by atoms with E-state index in [4.69, 9.17) is 14.2 Å². The van der Waals surface area contributed by atoms with Crippen LogP contribution in [0.4, 0.5) is 0 Å². The van der Waals surface area contributed by atoms with Crippen molar-refractivity contribution in [3.05, 3.63) is 76.9 Å². The molecule has 6 nitrogen and oxygen atoms in total. The third-order valence-electron chi connectivity index (χ3n) is 7.21. The van der Waals surface area contributed by atoms with Gasteiger partial charge in [0.1, 0.15) is 5.75 Å². The predicted octanol–water partition coefficient (Wildman–Crippen LogP) is 3.92. The highest BCUT2D eigenvalue weighted by molar-refractivity contribution is 6.01. The molecule has 2 aromatic carbocycles. The number of ether oxygens (including phenoxy) is 3. The summed E-state index contributed by atoms with van der Waals surface area (Å²) in [6, 6.07) is 17.4. The van der Waals surface area contributed by atoms with Gasteiger partial charge in [0.05, 0.1) is 20.1 Å². The molecule has 32 heavy (non-hydrogen) atoms. The lowest BCUT2D eigenvalue weighted by Crippen LogP contribution is -2.40. The molecule has 0 saturated heterocycles. The lowest BCUT2D eigenvalue weighted by atomic mass is 9.66. The van der Waals surface area contributed by atoms with Crippen LogP contribution in [0.5, 0.6) is 5.75 Å². The number of para-hydroxylation sites is 1. The van der Waals surface area contributed by atoms with Gasteiger partial charge in [-0.1, -0.05) is 59.7 Å². The van der Waals surface area contributed by atoms with Crippen molar-refractivity contribution < 1.29 is 28.6 Å². The van der Waals surface area contributed by atoms with E-state index < -0.39 is 17.4 Å². The van der Waals surface area contributed by atoms with Crippen molar-refractivity contribution in [1.82, 2.24) is 0 Å². The fraction of sp³-hybridized carbons (Fsp3) is 0.346. The minimum Gasteiger partial charge on any atom is -0.468 e. The van der Waals surface area contributed by atoms with Gasteiger partial charge in [0.15, 0.2) is 5.41 Å². The number of carbonyl (C=O) groups excluding carboxylic acids is 3. The van der Waals surface area contributed by atoms with Crippen LogP contribution in [-0.2, 0) is 23.9 Å². The summed E-state index contributed by atoms with van der Waals surface area (Å²) >= 11 is 0. The zero-order chi connectivity index (χ0) is 22.5. The third kappa shape index (κ3) is 2.89. The first-order chi connectivity index (χ1) is 15.5. The van der Waals surface area contributed by atoms with Gasteiger partial charge in [-0.15, -0.1) is 0 Å². The van der Waals surface area contributed by atoms with Crippen molar-refractivity contribution in [2.45, 2.75) is 31.1 Å². The number of allylic oxidation sites excluding steroid dienone is 2. The van der Waals surface area contributed by atoms with E-state index in [0.717, 1.165) is 22.3 Å². The van der Waals surface area contributed by atoms with E-state index in [-0.39, 0.29) is 36.6 Å². The average Bonchev–Trinajstić information content (AvgIpc) is 3.25. The number of hydrogen-bond donors (Lipinski definition) is 0. The fourth-order valence-electron chi connectivity index (χ4n) is 5.81. The van der Waals surface area contributed by atoms with E-state index in [0.29, 0.717) is 12.2 Å². The van der Waals surface area contributed by atoms with Gasteiger partial charge in [0, 0.05) is 17.4 Å². The molecule has 6 heteroatoms. The largest absolute Gasteiger partial charge is 0.468 e. The van der Waals surface area contributed by atoms with Gasteiger partial charge in [-0.2, -0.15) is 0 Å². The molecule has 0 amide bonds. The molecule has 0 aromatic heterocycles. The first-order valence-corrected chi connectivity index (χ1v) is 10.7. The highest BCUT2D eigenvalue weighted by Gasteiger charge is 2.59. The second-order valence-electron chi connectivity index (χ2n) is 8.71. The SMILES string of the molecule is COC(=O)C1(C(=O)OC)CC2=C(C1)[C@@H](c1ccccc1)C[C@H]1C(=O)Oc3ccccc3[C@@H]21. The highest BCUT2D eigenvalue weighted by Crippen LogP contribution is 2.61. The Labute approximate surface area is 186 Å². The van der Waals surface area contributed by atoms with Crippen LogP contribution in [-0.4, -0.2) is 32.1 Å². The topological polar surface area (TPSA) is 78.9 Å². The summed E-state index contributed by atoms with van der Waals surface area (Å²) in [6.45, 7) is 0. The molecule has 0 unspecified atom stereocenters. The molecule has 0 radical (unpaired) electrons. The minimum atomic E-state index is -1.44. The van der Waals surface area contributed by atoms with Gasteiger partial charge in [-0.3, -0.25) is 14.4 Å². The van der Waals surface area contributed by atoms with Crippen molar-refractivity contribution >= 4 is 17.9 Å². The molecular weight excluding hydrogens is 408 g/mol. The van der Waals surface area contributed by atoms with Gasteiger partial charge in [0.25, 0.3) is 0 Å². The Morgan fingerprint density at radius 3 is 2.22 bits per heavy atom. The maximum Gasteiger partial charge on any atom is 0.323 e. The molecule has 0 bridgehead atoms. The second-order valence-corrected chi connectivity index (χ2v) is 8.71. The number of methoxy groups -OCH3 is 2. The van der Waals surface area contributed by atoms with E-state index in [1.807, 2.05) is 48.5 Å². The Bertz CT molecular complexity index is 1120. The third-order valence-corrected chi connectivity index (χ3v) is 7.21. The van der Waals surface area contributed by atoms with Crippen molar-refractivity contribution in [3.63, 3.8) is 0 Å². The molecule has 0 N–H and O–H groups in total. The molecule has 3 aliphatic rings. The number of carbonyl (C=O) groups is 3. The lowest BCUT2D eigenvalue weighted by Gasteiger charge is -2.40. The van der Waals surface area contributed by atoms with E-state index in [9.17, 15) is 14.4 Å². The first-order valence-electron chi connectivity index (χ1n) is 10.7. The van der Waals surface area contributed by atoms with Crippen LogP contribution in [0.3, 0.4) is 0 Å². The molecule has 1 heterocycles. The summed E-state index contributed by atoms with van der Waals surface area (Å²) in [4.78, 5) is 39.0. The molecule has 2 aliphatic carbocycles. The molecule has 1 aliphatic heterocycles. The summed E-state index contributed by atoms with van der Waals surface area (Å²) in [7, 11) is 2.57. The summed E-state index contributed by atoms with van der Waals surface area (Å²) in [6.07, 6.45) is 0.953. The van der Waals surface area contributed by atoms with Crippen molar-refractivity contribution in [2.24, 2.45) is 11.3 Å². The highest BCUT2D eigenvalue weighted by atomic mass is 16.5. The molecule has 0 saturated carbocycles. The maximum absolute atomic E-state index is 13.1. The van der Waals surface area contributed by atoms with E-state index >= 15 is 0 Å². The van der Waals surface area contributed by atoms with Crippen LogP contribution < -0.4 is 4.74 Å². The number of fused-ring (bicyclic) bond motifs is 4. The normalized spacial score (nSPS) is 25.2. The molecule has 164 valence electrons. The van der Waals surface area contributed by atoms with E-state index in [1.54, 1.807) is 6.07 Å². The van der Waals surface area contributed by atoms with Crippen LogP contribution in [0.25, 0.3) is 0 Å². The molecule has 2 aromatic rings. The maximum atomic E-state index is 13.1. The van der Waals surface area contributed by atoms with Crippen molar-refractivity contribution in [2.75, 3.05) is 14.2 Å². The van der Waals surface area contributed by atoms with E-state index in [1.165, 1.54) is 14.2 Å². The Morgan fingerprint density at radius 1 is 0.906 bits per heavy atom. The summed E-state index contributed by atoms with van der Waals surface area (Å²) in [5, 5.41) is 0. The first kappa shape index (κ1) is 20.5. The molecule has 3 atom stereocenters. The summed E-state index contributed by atoms with van der Waals surface area (Å²) in [5.41, 5.74) is 2.51. The van der Waals surface area contributed by atoms with Crippen molar-refractivity contribution in [3.8, 4) is 5.75 Å². The van der Waals surface area contributed by atoms with Gasteiger partial charge in [-0.05, 0) is 30.9 Å². The minimum absolute atomic E-state index is 0.0959. The van der Waals surface area contributed by atoms with Crippen LogP contribution in [0.1, 0.15) is 42.2 Å². The van der Waals surface area contributed by atoms with Gasteiger partial charge in [0.2, 0.25) is 0 Å². The van der Waals surface area contributed by atoms with E-state index in [2.05, 4.69) is 0 Å². The Kier molecular flexibility index (Phi) is 4.88. The second kappa shape index (κ2) is 7.62. The Balaban J connectivity index is 1.70. The Morgan fingerprint density at radius 2 is 1.53 bits per heavy atom. The van der Waals surface area contributed by atoms with Crippen LogP contribution in [0.2, 0.25) is 0 Å². The lowest BCUT2D eigenvalue weighted by molar-refractivity contribution is -0.168. The van der Waals surface area contributed by atoms with Crippen LogP contribution >= 0.6 is 0 Å². The quantitative estimate of drug-likeness (QED) is 0.317.